The number of ether oxygens (including phenoxy) is 2. The third-order valence-electron chi connectivity index (χ3n) is 7.29. The summed E-state index contributed by atoms with van der Waals surface area (Å²) >= 11 is 1.77. The maximum Gasteiger partial charge on any atom is 0.123 e. The lowest BCUT2D eigenvalue weighted by Gasteiger charge is -2.33. The number of rotatable bonds is 5. The lowest BCUT2D eigenvalue weighted by atomic mass is 9.96. The SMILES string of the molecule is COc1cc(OC)cc(-c2cc(-c3ccc(F)cc3)nc3c(N4c5ccccc5Sc5ccccc54)cccc23)c1. The van der Waals surface area contributed by atoms with Crippen LogP contribution in [0.2, 0.25) is 0 Å². The molecular weight excluding hydrogens is 531 g/mol. The number of para-hydroxylation sites is 3. The van der Waals surface area contributed by atoms with Crippen LogP contribution in [-0.2, 0) is 0 Å². The maximum absolute atomic E-state index is 13.9. The third kappa shape index (κ3) is 4.46. The van der Waals surface area contributed by atoms with Gasteiger partial charge in [0.1, 0.15) is 17.3 Å². The highest BCUT2D eigenvalue weighted by Crippen LogP contribution is 2.52. The smallest absolute Gasteiger partial charge is 0.123 e. The monoisotopic (exact) mass is 556 g/mol. The van der Waals surface area contributed by atoms with Crippen molar-refractivity contribution in [2.75, 3.05) is 19.1 Å². The van der Waals surface area contributed by atoms with Crippen molar-refractivity contribution in [3.05, 3.63) is 121 Å². The first-order valence-corrected chi connectivity index (χ1v) is 14.0. The van der Waals surface area contributed by atoms with Crippen molar-refractivity contribution < 1.29 is 13.9 Å². The first-order chi connectivity index (χ1) is 20.1. The minimum atomic E-state index is -0.285. The number of aromatic nitrogens is 1. The molecule has 0 bridgehead atoms. The minimum absolute atomic E-state index is 0.285. The zero-order valence-corrected chi connectivity index (χ0v) is 23.3. The number of fused-ring (bicyclic) bond motifs is 3. The summed E-state index contributed by atoms with van der Waals surface area (Å²) in [7, 11) is 3.29. The molecule has 0 saturated carbocycles. The number of anilines is 3. The molecule has 7 rings (SSSR count). The highest BCUT2D eigenvalue weighted by Gasteiger charge is 2.26. The summed E-state index contributed by atoms with van der Waals surface area (Å²) in [4.78, 5) is 9.88. The van der Waals surface area contributed by atoms with Gasteiger partial charge in [-0.25, -0.2) is 9.37 Å². The van der Waals surface area contributed by atoms with E-state index in [1.807, 2.05) is 18.2 Å². The molecule has 1 aromatic heterocycles. The van der Waals surface area contributed by atoms with E-state index in [1.54, 1.807) is 38.1 Å². The molecule has 0 unspecified atom stereocenters. The van der Waals surface area contributed by atoms with Gasteiger partial charge in [-0.3, -0.25) is 0 Å². The molecule has 0 aliphatic carbocycles. The summed E-state index contributed by atoms with van der Waals surface area (Å²) in [6.07, 6.45) is 0. The molecule has 0 atom stereocenters. The van der Waals surface area contributed by atoms with E-state index in [0.717, 1.165) is 50.3 Å². The van der Waals surface area contributed by atoms with Gasteiger partial charge in [0.2, 0.25) is 0 Å². The summed E-state index contributed by atoms with van der Waals surface area (Å²) in [6.45, 7) is 0. The normalized spacial score (nSPS) is 12.1. The molecule has 200 valence electrons. The molecule has 0 radical (unpaired) electrons. The van der Waals surface area contributed by atoms with E-state index in [-0.39, 0.29) is 5.82 Å². The largest absolute Gasteiger partial charge is 0.497 e. The average Bonchev–Trinajstić information content (AvgIpc) is 3.03. The predicted molar refractivity (Wildman–Crippen MR) is 164 cm³/mol. The second-order valence-corrected chi connectivity index (χ2v) is 10.8. The fourth-order valence-electron chi connectivity index (χ4n) is 5.35. The Balaban J connectivity index is 1.55. The molecule has 0 N–H and O–H groups in total. The Hall–Kier alpha value is -4.81. The minimum Gasteiger partial charge on any atom is -0.497 e. The Morgan fingerprint density at radius 2 is 1.24 bits per heavy atom. The van der Waals surface area contributed by atoms with Crippen LogP contribution in [0.1, 0.15) is 0 Å². The number of hydrogen-bond donors (Lipinski definition) is 0. The number of hydrogen-bond acceptors (Lipinski definition) is 5. The highest BCUT2D eigenvalue weighted by molar-refractivity contribution is 7.99. The van der Waals surface area contributed by atoms with Crippen molar-refractivity contribution in [2.45, 2.75) is 9.79 Å². The number of nitrogens with zero attached hydrogens (tertiary/aromatic N) is 2. The second-order valence-electron chi connectivity index (χ2n) is 9.71. The van der Waals surface area contributed by atoms with Crippen molar-refractivity contribution in [3.63, 3.8) is 0 Å². The Morgan fingerprint density at radius 3 is 1.88 bits per heavy atom. The van der Waals surface area contributed by atoms with E-state index in [0.29, 0.717) is 11.5 Å². The van der Waals surface area contributed by atoms with Gasteiger partial charge in [-0.05, 0) is 83.9 Å². The van der Waals surface area contributed by atoms with Gasteiger partial charge in [0.25, 0.3) is 0 Å². The Kier molecular flexibility index (Phi) is 6.33. The number of pyridine rings is 1. The lowest BCUT2D eigenvalue weighted by Crippen LogP contribution is -2.15. The molecule has 0 spiro atoms. The number of benzene rings is 5. The van der Waals surface area contributed by atoms with Crippen LogP contribution in [0.3, 0.4) is 0 Å². The van der Waals surface area contributed by atoms with Crippen LogP contribution in [0, 0.1) is 5.82 Å². The van der Waals surface area contributed by atoms with Crippen molar-refractivity contribution in [1.82, 2.24) is 4.98 Å². The third-order valence-corrected chi connectivity index (χ3v) is 8.42. The second kappa shape index (κ2) is 10.3. The number of halogens is 1. The molecule has 1 aliphatic heterocycles. The predicted octanol–water partition coefficient (Wildman–Crippen LogP) is 9.66. The molecule has 6 aromatic rings. The first-order valence-electron chi connectivity index (χ1n) is 13.2. The fraction of sp³-hybridized carbons (Fsp3) is 0.0571. The average molecular weight is 557 g/mol. The van der Waals surface area contributed by atoms with Crippen LogP contribution in [0.15, 0.2) is 125 Å². The van der Waals surface area contributed by atoms with Gasteiger partial charge in [0.15, 0.2) is 0 Å². The van der Waals surface area contributed by atoms with E-state index < -0.39 is 0 Å². The van der Waals surface area contributed by atoms with Crippen LogP contribution in [0.4, 0.5) is 21.5 Å². The topological polar surface area (TPSA) is 34.6 Å². The van der Waals surface area contributed by atoms with E-state index in [4.69, 9.17) is 14.5 Å². The van der Waals surface area contributed by atoms with Gasteiger partial charge in [-0.2, -0.15) is 0 Å². The lowest BCUT2D eigenvalue weighted by molar-refractivity contribution is 0.394. The van der Waals surface area contributed by atoms with Crippen LogP contribution in [-0.4, -0.2) is 19.2 Å². The van der Waals surface area contributed by atoms with Crippen LogP contribution in [0.25, 0.3) is 33.3 Å². The standard InChI is InChI=1S/C35H25FN2O2S/c1-39-25-18-23(19-26(20-25)40-2)28-21-29(22-14-16-24(36)17-15-22)37-35-27(28)8-7-11-32(35)38-30-9-3-5-12-33(30)41-34-13-6-4-10-31(34)38/h3-21H,1-2H3. The van der Waals surface area contributed by atoms with Gasteiger partial charge in [0.05, 0.1) is 42.5 Å². The van der Waals surface area contributed by atoms with E-state index in [9.17, 15) is 4.39 Å². The molecule has 6 heteroatoms. The Morgan fingerprint density at radius 1 is 0.634 bits per heavy atom. The summed E-state index contributed by atoms with van der Waals surface area (Å²) in [5.74, 6) is 1.10. The molecule has 0 amide bonds. The summed E-state index contributed by atoms with van der Waals surface area (Å²) < 4.78 is 25.1. The summed E-state index contributed by atoms with van der Waals surface area (Å²) in [5, 5.41) is 0.983. The van der Waals surface area contributed by atoms with E-state index in [2.05, 4.69) is 77.7 Å². The zero-order chi connectivity index (χ0) is 27.9. The van der Waals surface area contributed by atoms with Gasteiger partial charge >= 0.3 is 0 Å². The Labute approximate surface area is 242 Å². The first kappa shape index (κ1) is 25.2. The van der Waals surface area contributed by atoms with Crippen molar-refractivity contribution >= 4 is 39.7 Å². The van der Waals surface area contributed by atoms with Crippen molar-refractivity contribution in [3.8, 4) is 33.9 Å². The summed E-state index contributed by atoms with van der Waals surface area (Å²) in [6, 6.07) is 37.5. The molecule has 2 heterocycles. The van der Waals surface area contributed by atoms with Crippen LogP contribution >= 0.6 is 11.8 Å². The quantitative estimate of drug-likeness (QED) is 0.211. The van der Waals surface area contributed by atoms with Gasteiger partial charge in [-0.1, -0.05) is 48.2 Å². The van der Waals surface area contributed by atoms with E-state index >= 15 is 0 Å². The van der Waals surface area contributed by atoms with Gasteiger partial charge in [0, 0.05) is 26.8 Å². The molecule has 41 heavy (non-hydrogen) atoms. The zero-order valence-electron chi connectivity index (χ0n) is 22.5. The Bertz CT molecular complexity index is 1860. The molecule has 4 nitrogen and oxygen atoms in total. The molecular formula is C35H25FN2O2S. The fourth-order valence-corrected chi connectivity index (χ4v) is 6.41. The summed E-state index contributed by atoms with van der Waals surface area (Å²) in [5.41, 5.74) is 7.48. The molecule has 0 fully saturated rings. The van der Waals surface area contributed by atoms with E-state index in [1.165, 1.54) is 21.9 Å². The highest BCUT2D eigenvalue weighted by atomic mass is 32.2. The van der Waals surface area contributed by atoms with Crippen LogP contribution < -0.4 is 14.4 Å². The number of methoxy groups -OCH3 is 2. The molecule has 1 aliphatic rings. The van der Waals surface area contributed by atoms with Gasteiger partial charge in [-0.15, -0.1) is 0 Å². The molecule has 5 aromatic carbocycles. The van der Waals surface area contributed by atoms with Crippen molar-refractivity contribution in [1.29, 1.82) is 0 Å². The van der Waals surface area contributed by atoms with Crippen LogP contribution in [0.5, 0.6) is 11.5 Å². The van der Waals surface area contributed by atoms with Gasteiger partial charge < -0.3 is 14.4 Å². The molecule has 0 saturated heterocycles. The maximum atomic E-state index is 13.9. The van der Waals surface area contributed by atoms with Crippen molar-refractivity contribution in [2.24, 2.45) is 0 Å².